The predicted octanol–water partition coefficient (Wildman–Crippen LogP) is 2.96. The molecule has 1 aromatic carbocycles. The minimum atomic E-state index is -0.657. The molecule has 0 aliphatic rings. The third-order valence-corrected chi connectivity index (χ3v) is 4.23. The van der Waals surface area contributed by atoms with Gasteiger partial charge in [0.05, 0.1) is 0 Å². The fourth-order valence-corrected chi connectivity index (χ4v) is 2.70. The minimum absolute atomic E-state index is 0.0283. The fourth-order valence-electron chi connectivity index (χ4n) is 2.70. The second-order valence-electron chi connectivity index (χ2n) is 7.30. The molecule has 0 bridgehead atoms. The van der Waals surface area contributed by atoms with E-state index in [1.54, 1.807) is 18.2 Å². The lowest BCUT2D eigenvalue weighted by molar-refractivity contribution is -0.150. The van der Waals surface area contributed by atoms with Crippen molar-refractivity contribution >= 4 is 22.8 Å². The molecule has 0 aliphatic carbocycles. The largest absolute Gasteiger partial charge is 0.482 e. The molecule has 0 fully saturated rings. The number of hydrogen-bond acceptors (Lipinski definition) is 6. The Bertz CT molecular complexity index is 886. The maximum atomic E-state index is 11.8. The normalized spacial score (nSPS) is 12.0. The topological polar surface area (TPSA) is 94.8 Å². The summed E-state index contributed by atoms with van der Waals surface area (Å²) in [5.74, 6) is -0.0605. The zero-order chi connectivity index (χ0) is 20.7. The van der Waals surface area contributed by atoms with Crippen LogP contribution < -0.4 is 15.7 Å². The van der Waals surface area contributed by atoms with Gasteiger partial charge in [-0.3, -0.25) is 4.79 Å². The smallest absolute Gasteiger partial charge is 0.344 e. The molecule has 2 aromatic rings. The molecule has 1 aromatic heterocycles. The van der Waals surface area contributed by atoms with Crippen LogP contribution >= 0.6 is 0 Å². The molecule has 152 valence electrons. The van der Waals surface area contributed by atoms with Crippen LogP contribution in [-0.4, -0.2) is 31.1 Å². The Morgan fingerprint density at radius 2 is 1.86 bits per heavy atom. The summed E-state index contributed by atoms with van der Waals surface area (Å²) >= 11 is 0. The summed E-state index contributed by atoms with van der Waals surface area (Å²) < 4.78 is 15.4. The van der Waals surface area contributed by atoms with E-state index in [9.17, 15) is 14.4 Å². The van der Waals surface area contributed by atoms with Gasteiger partial charge in [0, 0.05) is 23.6 Å². The number of amides is 1. The molecule has 2 rings (SSSR count). The first-order valence-corrected chi connectivity index (χ1v) is 9.37. The Balaban J connectivity index is 1.78. The van der Waals surface area contributed by atoms with E-state index in [4.69, 9.17) is 13.9 Å². The maximum absolute atomic E-state index is 11.8. The average Bonchev–Trinajstić information content (AvgIpc) is 2.62. The number of nitrogens with one attached hydrogen (secondary N) is 1. The summed E-state index contributed by atoms with van der Waals surface area (Å²) in [7, 11) is 0. The van der Waals surface area contributed by atoms with Crippen molar-refractivity contribution in [2.24, 2.45) is 5.92 Å². The number of fused-ring (bicyclic) bond motifs is 1. The number of aryl methyl sites for hydroxylation is 1. The molecule has 0 unspecified atom stereocenters. The van der Waals surface area contributed by atoms with E-state index in [1.807, 2.05) is 13.8 Å². The van der Waals surface area contributed by atoms with Gasteiger partial charge < -0.3 is 19.2 Å². The zero-order valence-corrected chi connectivity index (χ0v) is 16.7. The van der Waals surface area contributed by atoms with Crippen LogP contribution in [0.5, 0.6) is 5.75 Å². The van der Waals surface area contributed by atoms with Crippen LogP contribution in [0.25, 0.3) is 11.0 Å². The van der Waals surface area contributed by atoms with Crippen LogP contribution in [0.3, 0.4) is 0 Å². The third kappa shape index (κ3) is 6.72. The number of benzene rings is 1. The standard InChI is InChI=1S/C21H27NO6/c1-13(2)5-6-15(4)22-19(23)11-27-21(25)12-26-16-7-8-17-14(3)9-20(24)28-18(17)10-16/h7-10,13,15H,5-6,11-12H2,1-4H3,(H,22,23)/t15-/m0/s1. The summed E-state index contributed by atoms with van der Waals surface area (Å²) in [6.45, 7) is 7.29. The van der Waals surface area contributed by atoms with Crippen molar-refractivity contribution in [2.45, 2.75) is 46.6 Å². The van der Waals surface area contributed by atoms with Gasteiger partial charge in [-0.25, -0.2) is 9.59 Å². The van der Waals surface area contributed by atoms with E-state index in [0.29, 0.717) is 17.3 Å². The average molecular weight is 389 g/mol. The predicted molar refractivity (Wildman–Crippen MR) is 105 cm³/mol. The van der Waals surface area contributed by atoms with E-state index in [1.165, 1.54) is 6.07 Å². The monoisotopic (exact) mass is 389 g/mol. The van der Waals surface area contributed by atoms with Crippen molar-refractivity contribution in [3.05, 3.63) is 40.2 Å². The van der Waals surface area contributed by atoms with Gasteiger partial charge in [0.15, 0.2) is 13.2 Å². The van der Waals surface area contributed by atoms with Crippen LogP contribution in [0.15, 0.2) is 33.5 Å². The highest BCUT2D eigenvalue weighted by atomic mass is 16.6. The Morgan fingerprint density at radius 1 is 1.11 bits per heavy atom. The SMILES string of the molecule is Cc1cc(=O)oc2cc(OCC(=O)OCC(=O)N[C@@H](C)CCC(C)C)ccc12. The van der Waals surface area contributed by atoms with Gasteiger partial charge in [-0.05, 0) is 50.3 Å². The van der Waals surface area contributed by atoms with Crippen LogP contribution in [0, 0.1) is 12.8 Å². The molecule has 0 saturated carbocycles. The number of ether oxygens (including phenoxy) is 2. The van der Waals surface area contributed by atoms with Crippen molar-refractivity contribution in [2.75, 3.05) is 13.2 Å². The zero-order valence-electron chi connectivity index (χ0n) is 16.7. The van der Waals surface area contributed by atoms with Crippen LogP contribution in [0.2, 0.25) is 0 Å². The summed E-state index contributed by atoms with van der Waals surface area (Å²) in [4.78, 5) is 35.1. The van der Waals surface area contributed by atoms with Gasteiger partial charge in [-0.1, -0.05) is 13.8 Å². The molecule has 0 saturated heterocycles. The van der Waals surface area contributed by atoms with Gasteiger partial charge in [0.1, 0.15) is 11.3 Å². The number of rotatable bonds is 9. The maximum Gasteiger partial charge on any atom is 0.344 e. The molecule has 1 N–H and O–H groups in total. The van der Waals surface area contributed by atoms with E-state index in [0.717, 1.165) is 23.8 Å². The Kier molecular flexibility index (Phi) is 7.61. The van der Waals surface area contributed by atoms with E-state index in [2.05, 4.69) is 19.2 Å². The van der Waals surface area contributed by atoms with Gasteiger partial charge in [0.25, 0.3) is 5.91 Å². The molecule has 28 heavy (non-hydrogen) atoms. The minimum Gasteiger partial charge on any atom is -0.482 e. The molecular formula is C21H27NO6. The van der Waals surface area contributed by atoms with Gasteiger partial charge in [-0.15, -0.1) is 0 Å². The first kappa shape index (κ1) is 21.5. The summed E-state index contributed by atoms with van der Waals surface area (Å²) in [5, 5.41) is 3.59. The highest BCUT2D eigenvalue weighted by molar-refractivity contribution is 5.82. The lowest BCUT2D eigenvalue weighted by atomic mass is 10.0. The van der Waals surface area contributed by atoms with Crippen LogP contribution in [0.1, 0.15) is 39.2 Å². The van der Waals surface area contributed by atoms with Crippen molar-refractivity contribution in [1.82, 2.24) is 5.32 Å². The van der Waals surface area contributed by atoms with Crippen LogP contribution in [-0.2, 0) is 14.3 Å². The first-order chi connectivity index (χ1) is 13.2. The molecule has 1 amide bonds. The van der Waals surface area contributed by atoms with Gasteiger partial charge in [-0.2, -0.15) is 0 Å². The van der Waals surface area contributed by atoms with Crippen molar-refractivity contribution in [3.8, 4) is 5.75 Å². The highest BCUT2D eigenvalue weighted by Crippen LogP contribution is 2.22. The third-order valence-electron chi connectivity index (χ3n) is 4.23. The molecule has 1 atom stereocenters. The second-order valence-corrected chi connectivity index (χ2v) is 7.30. The summed E-state index contributed by atoms with van der Waals surface area (Å²) in [6, 6.07) is 6.40. The summed E-state index contributed by atoms with van der Waals surface area (Å²) in [5.41, 5.74) is 0.728. The lowest BCUT2D eigenvalue weighted by Crippen LogP contribution is -2.36. The van der Waals surface area contributed by atoms with Crippen molar-refractivity contribution in [1.29, 1.82) is 0 Å². The second kappa shape index (κ2) is 9.92. The van der Waals surface area contributed by atoms with Crippen LogP contribution in [0.4, 0.5) is 0 Å². The van der Waals surface area contributed by atoms with Crippen molar-refractivity contribution < 1.29 is 23.5 Å². The van der Waals surface area contributed by atoms with Gasteiger partial charge >= 0.3 is 11.6 Å². The van der Waals surface area contributed by atoms with E-state index in [-0.39, 0.29) is 25.2 Å². The number of carbonyl (C=O) groups is 2. The summed E-state index contributed by atoms with van der Waals surface area (Å²) in [6.07, 6.45) is 1.89. The molecule has 0 radical (unpaired) electrons. The molecule has 0 spiro atoms. The highest BCUT2D eigenvalue weighted by Gasteiger charge is 2.12. The fraction of sp³-hybridized carbons (Fsp3) is 0.476. The van der Waals surface area contributed by atoms with E-state index >= 15 is 0 Å². The Labute approximate surface area is 164 Å². The van der Waals surface area contributed by atoms with Gasteiger partial charge in [0.2, 0.25) is 0 Å². The van der Waals surface area contributed by atoms with Crippen molar-refractivity contribution in [3.63, 3.8) is 0 Å². The molecule has 1 heterocycles. The Hall–Kier alpha value is -2.83. The van der Waals surface area contributed by atoms with E-state index < -0.39 is 11.6 Å². The Morgan fingerprint density at radius 3 is 2.57 bits per heavy atom. The first-order valence-electron chi connectivity index (χ1n) is 9.37. The quantitative estimate of drug-likeness (QED) is 0.523. The number of carbonyl (C=O) groups excluding carboxylic acids is 2. The molecule has 7 nitrogen and oxygen atoms in total. The lowest BCUT2D eigenvalue weighted by Gasteiger charge is -2.15. The molecule has 0 aliphatic heterocycles. The molecular weight excluding hydrogens is 362 g/mol. The number of hydrogen-bond donors (Lipinski definition) is 1. The molecule has 7 heteroatoms. The number of esters is 1.